The minimum Gasteiger partial charge on any atom is -0.389 e. The van der Waals surface area contributed by atoms with Crippen LogP contribution in [0.1, 0.15) is 42.7 Å². The van der Waals surface area contributed by atoms with Gasteiger partial charge in [0.05, 0.1) is 23.7 Å². The molecular formula is C20H20F2N4O. The van der Waals surface area contributed by atoms with Gasteiger partial charge in [-0.3, -0.25) is 9.67 Å². The number of benzene rings is 1. The van der Waals surface area contributed by atoms with Crippen LogP contribution >= 0.6 is 0 Å². The van der Waals surface area contributed by atoms with Crippen LogP contribution in [0.4, 0.5) is 8.78 Å². The van der Waals surface area contributed by atoms with Gasteiger partial charge < -0.3 is 5.11 Å². The summed E-state index contributed by atoms with van der Waals surface area (Å²) in [4.78, 5) is 4.22. The van der Waals surface area contributed by atoms with Gasteiger partial charge in [-0.15, -0.1) is 5.10 Å². The molecule has 1 atom stereocenters. The summed E-state index contributed by atoms with van der Waals surface area (Å²) in [5, 5.41) is 18.3. The normalized spacial score (nSPS) is 15.1. The number of rotatable bonds is 6. The quantitative estimate of drug-likeness (QED) is 0.719. The van der Waals surface area contributed by atoms with Crippen LogP contribution in [-0.4, -0.2) is 25.1 Å². The summed E-state index contributed by atoms with van der Waals surface area (Å²) >= 11 is 0. The zero-order valence-electron chi connectivity index (χ0n) is 14.9. The first kappa shape index (κ1) is 17.7. The molecule has 0 spiro atoms. The predicted molar refractivity (Wildman–Crippen MR) is 95.8 cm³/mol. The van der Waals surface area contributed by atoms with E-state index in [1.165, 1.54) is 31.0 Å². The second kappa shape index (κ2) is 7.15. The van der Waals surface area contributed by atoms with E-state index in [-0.39, 0.29) is 0 Å². The zero-order chi connectivity index (χ0) is 19.0. The molecule has 1 fully saturated rings. The molecule has 0 bridgehead atoms. The van der Waals surface area contributed by atoms with Crippen molar-refractivity contribution >= 4 is 0 Å². The second-order valence-electron chi connectivity index (χ2n) is 7.12. The summed E-state index contributed by atoms with van der Waals surface area (Å²) in [5.41, 5.74) is 2.82. The Balaban J connectivity index is 1.69. The lowest BCUT2D eigenvalue weighted by Crippen LogP contribution is -2.02. The number of pyridine rings is 1. The summed E-state index contributed by atoms with van der Waals surface area (Å²) in [6.07, 6.45) is 4.90. The van der Waals surface area contributed by atoms with Crippen molar-refractivity contribution in [2.24, 2.45) is 5.92 Å². The fraction of sp³-hybridized carbons (Fsp3) is 0.350. The molecule has 5 nitrogen and oxygen atoms in total. The molecule has 140 valence electrons. The molecule has 2 aromatic heterocycles. The van der Waals surface area contributed by atoms with E-state index in [1.54, 1.807) is 13.0 Å². The van der Waals surface area contributed by atoms with Crippen molar-refractivity contribution < 1.29 is 13.9 Å². The van der Waals surface area contributed by atoms with E-state index in [0.717, 1.165) is 12.7 Å². The number of aliphatic hydroxyl groups excluding tert-OH is 1. The zero-order valence-corrected chi connectivity index (χ0v) is 14.9. The van der Waals surface area contributed by atoms with Crippen molar-refractivity contribution in [1.29, 1.82) is 0 Å². The van der Waals surface area contributed by atoms with Gasteiger partial charge in [-0.2, -0.15) is 0 Å². The summed E-state index contributed by atoms with van der Waals surface area (Å²) in [7, 11) is 0. The van der Waals surface area contributed by atoms with Gasteiger partial charge in [0.25, 0.3) is 0 Å². The van der Waals surface area contributed by atoms with Crippen LogP contribution in [0.2, 0.25) is 0 Å². The predicted octanol–water partition coefficient (Wildman–Crippen LogP) is 3.67. The molecule has 7 heteroatoms. The molecular weight excluding hydrogens is 350 g/mol. The molecule has 4 rings (SSSR count). The van der Waals surface area contributed by atoms with E-state index in [9.17, 15) is 13.9 Å². The van der Waals surface area contributed by atoms with Gasteiger partial charge in [0.1, 0.15) is 11.6 Å². The van der Waals surface area contributed by atoms with Crippen LogP contribution in [0.3, 0.4) is 0 Å². The van der Waals surface area contributed by atoms with Gasteiger partial charge >= 0.3 is 0 Å². The molecule has 1 saturated carbocycles. The first-order valence-electron chi connectivity index (χ1n) is 9.01. The van der Waals surface area contributed by atoms with Crippen LogP contribution in [0, 0.1) is 17.6 Å². The summed E-state index contributed by atoms with van der Waals surface area (Å²) < 4.78 is 29.3. The van der Waals surface area contributed by atoms with Crippen LogP contribution < -0.4 is 0 Å². The van der Waals surface area contributed by atoms with E-state index in [0.29, 0.717) is 40.4 Å². The minimum absolute atomic E-state index is 0.349. The summed E-state index contributed by atoms with van der Waals surface area (Å²) in [5.74, 6) is -0.222. The SMILES string of the molecule is C[C@@H](O)c1cc(F)ccc1-c1ncc(F)cc1Cc1cn(CC2CC2)nn1. The maximum Gasteiger partial charge on any atom is 0.141 e. The highest BCUT2D eigenvalue weighted by atomic mass is 19.1. The highest BCUT2D eigenvalue weighted by Gasteiger charge is 2.22. The number of aliphatic hydroxyl groups is 1. The van der Waals surface area contributed by atoms with E-state index in [4.69, 9.17) is 0 Å². The van der Waals surface area contributed by atoms with Crippen molar-refractivity contribution in [3.8, 4) is 11.3 Å². The van der Waals surface area contributed by atoms with Crippen molar-refractivity contribution in [1.82, 2.24) is 20.0 Å². The van der Waals surface area contributed by atoms with Crippen LogP contribution in [0.15, 0.2) is 36.7 Å². The Morgan fingerprint density at radius 2 is 2.04 bits per heavy atom. The third kappa shape index (κ3) is 4.03. The fourth-order valence-electron chi connectivity index (χ4n) is 3.22. The molecule has 0 aliphatic heterocycles. The van der Waals surface area contributed by atoms with Gasteiger partial charge in [0.15, 0.2) is 0 Å². The smallest absolute Gasteiger partial charge is 0.141 e. The van der Waals surface area contributed by atoms with Crippen LogP contribution in [0.5, 0.6) is 0 Å². The lowest BCUT2D eigenvalue weighted by molar-refractivity contribution is 0.199. The Bertz CT molecular complexity index is 966. The van der Waals surface area contributed by atoms with Crippen LogP contribution in [0.25, 0.3) is 11.3 Å². The Morgan fingerprint density at radius 1 is 1.22 bits per heavy atom. The van der Waals surface area contributed by atoms with Gasteiger partial charge in [0, 0.05) is 24.7 Å². The van der Waals surface area contributed by atoms with Crippen molar-refractivity contribution in [3.63, 3.8) is 0 Å². The topological polar surface area (TPSA) is 63.8 Å². The first-order chi connectivity index (χ1) is 13.0. The highest BCUT2D eigenvalue weighted by molar-refractivity contribution is 5.68. The average molecular weight is 370 g/mol. The minimum atomic E-state index is -0.880. The number of nitrogens with zero attached hydrogens (tertiary/aromatic N) is 4. The first-order valence-corrected chi connectivity index (χ1v) is 9.01. The molecule has 1 aliphatic carbocycles. The maximum atomic E-state index is 13.9. The summed E-state index contributed by atoms with van der Waals surface area (Å²) in [6.45, 7) is 2.41. The largest absolute Gasteiger partial charge is 0.389 e. The standard InChI is InChI=1S/C20H20F2N4O/c1-12(27)19-8-15(21)4-5-18(19)20-14(6-16(22)9-23-20)7-17-11-26(25-24-17)10-13-2-3-13/h4-6,8-9,11-13,27H,2-3,7,10H2,1H3/t12-/m1/s1. The third-order valence-corrected chi connectivity index (χ3v) is 4.75. The van der Waals surface area contributed by atoms with Crippen LogP contribution in [-0.2, 0) is 13.0 Å². The van der Waals surface area contributed by atoms with Crippen molar-refractivity contribution in [2.45, 2.75) is 38.8 Å². The Morgan fingerprint density at radius 3 is 2.78 bits per heavy atom. The van der Waals surface area contributed by atoms with E-state index >= 15 is 0 Å². The average Bonchev–Trinajstić information content (AvgIpc) is 3.33. The fourth-order valence-corrected chi connectivity index (χ4v) is 3.22. The number of hydrogen-bond acceptors (Lipinski definition) is 4. The molecule has 1 aliphatic rings. The molecule has 1 aromatic carbocycles. The highest BCUT2D eigenvalue weighted by Crippen LogP contribution is 2.32. The van der Waals surface area contributed by atoms with Gasteiger partial charge in [0.2, 0.25) is 0 Å². The molecule has 0 amide bonds. The lowest BCUT2D eigenvalue weighted by atomic mass is 9.95. The molecule has 0 radical (unpaired) electrons. The van der Waals surface area contributed by atoms with E-state index < -0.39 is 17.7 Å². The lowest BCUT2D eigenvalue weighted by Gasteiger charge is -2.14. The Labute approximate surface area is 155 Å². The van der Waals surface area contributed by atoms with Crippen molar-refractivity contribution in [3.05, 3.63) is 65.1 Å². The van der Waals surface area contributed by atoms with E-state index in [1.807, 2.05) is 10.9 Å². The molecule has 0 saturated heterocycles. The number of halogens is 2. The Hall–Kier alpha value is -2.67. The molecule has 3 aromatic rings. The summed E-state index contributed by atoms with van der Waals surface area (Å²) in [6, 6.07) is 5.55. The molecule has 0 unspecified atom stereocenters. The Kier molecular flexibility index (Phi) is 4.70. The molecule has 27 heavy (non-hydrogen) atoms. The monoisotopic (exact) mass is 370 g/mol. The van der Waals surface area contributed by atoms with Crippen molar-refractivity contribution in [2.75, 3.05) is 0 Å². The number of aromatic nitrogens is 4. The third-order valence-electron chi connectivity index (χ3n) is 4.75. The van der Waals surface area contributed by atoms with Gasteiger partial charge in [-0.25, -0.2) is 8.78 Å². The second-order valence-corrected chi connectivity index (χ2v) is 7.12. The van der Waals surface area contributed by atoms with Gasteiger partial charge in [-0.05, 0) is 61.1 Å². The molecule has 2 heterocycles. The molecule has 1 N–H and O–H groups in total. The number of hydrogen-bond donors (Lipinski definition) is 1. The maximum absolute atomic E-state index is 13.9. The van der Waals surface area contributed by atoms with E-state index in [2.05, 4.69) is 15.3 Å². The van der Waals surface area contributed by atoms with Gasteiger partial charge in [-0.1, -0.05) is 5.21 Å².